The molecule has 1 saturated carbocycles. The highest BCUT2D eigenvalue weighted by atomic mass is 35.5. The van der Waals surface area contributed by atoms with Gasteiger partial charge in [0.2, 0.25) is 5.91 Å². The van der Waals surface area contributed by atoms with Crippen LogP contribution in [0.4, 0.5) is 5.69 Å². The van der Waals surface area contributed by atoms with E-state index in [1.165, 1.54) is 12.5 Å². The highest BCUT2D eigenvalue weighted by molar-refractivity contribution is 6.32. The molecule has 0 heterocycles. The molecule has 27 heavy (non-hydrogen) atoms. The van der Waals surface area contributed by atoms with Gasteiger partial charge in [-0.05, 0) is 42.7 Å². The third-order valence-corrected chi connectivity index (χ3v) is 5.03. The van der Waals surface area contributed by atoms with Crippen molar-refractivity contribution >= 4 is 35.2 Å². The first-order valence-electron chi connectivity index (χ1n) is 9.27. The third-order valence-electron chi connectivity index (χ3n) is 4.69. The second-order valence-electron chi connectivity index (χ2n) is 6.70. The number of nitrogens with one attached hydrogen (secondary N) is 2. The molecule has 2 amide bonds. The lowest BCUT2D eigenvalue weighted by molar-refractivity contribution is -0.111. The van der Waals surface area contributed by atoms with Gasteiger partial charge in [0.15, 0.2) is 0 Å². The van der Waals surface area contributed by atoms with Crippen LogP contribution in [0.25, 0.3) is 6.08 Å². The Kier molecular flexibility index (Phi) is 6.66. The van der Waals surface area contributed by atoms with Crippen LogP contribution in [0.15, 0.2) is 54.6 Å². The van der Waals surface area contributed by atoms with Crippen molar-refractivity contribution < 1.29 is 9.59 Å². The van der Waals surface area contributed by atoms with E-state index in [9.17, 15) is 9.59 Å². The fourth-order valence-corrected chi connectivity index (χ4v) is 3.45. The lowest BCUT2D eigenvalue weighted by Crippen LogP contribution is -2.36. The van der Waals surface area contributed by atoms with Crippen molar-refractivity contribution in [3.05, 3.63) is 70.8 Å². The summed E-state index contributed by atoms with van der Waals surface area (Å²) in [5.41, 5.74) is 1.74. The standard InChI is InChI=1S/C22H23ClN2O2/c23-19-12-6-4-8-16(19)14-15-21(26)25-20-13-7-5-11-18(20)22(27)24-17-9-2-1-3-10-17/h4-8,11-15,17H,1-3,9-10H2,(H,24,27)(H,25,26)/b15-14+. The van der Waals surface area contributed by atoms with Gasteiger partial charge in [-0.25, -0.2) is 0 Å². The highest BCUT2D eigenvalue weighted by Crippen LogP contribution is 2.20. The topological polar surface area (TPSA) is 58.2 Å². The van der Waals surface area contributed by atoms with E-state index in [4.69, 9.17) is 11.6 Å². The minimum Gasteiger partial charge on any atom is -0.349 e. The van der Waals surface area contributed by atoms with Crippen molar-refractivity contribution in [1.82, 2.24) is 5.32 Å². The minimum absolute atomic E-state index is 0.145. The quantitative estimate of drug-likeness (QED) is 0.710. The van der Waals surface area contributed by atoms with Crippen LogP contribution in [0, 0.1) is 0 Å². The van der Waals surface area contributed by atoms with Crippen molar-refractivity contribution in [2.75, 3.05) is 5.32 Å². The second kappa shape index (κ2) is 9.38. The zero-order valence-electron chi connectivity index (χ0n) is 15.1. The van der Waals surface area contributed by atoms with E-state index < -0.39 is 0 Å². The zero-order valence-corrected chi connectivity index (χ0v) is 15.8. The maximum absolute atomic E-state index is 12.6. The number of rotatable bonds is 5. The molecule has 5 heteroatoms. The maximum Gasteiger partial charge on any atom is 0.253 e. The molecule has 0 saturated heterocycles. The summed E-state index contributed by atoms with van der Waals surface area (Å²) in [6.45, 7) is 0. The molecule has 0 atom stereocenters. The largest absolute Gasteiger partial charge is 0.349 e. The lowest BCUT2D eigenvalue weighted by atomic mass is 9.95. The van der Waals surface area contributed by atoms with Crippen LogP contribution < -0.4 is 10.6 Å². The summed E-state index contributed by atoms with van der Waals surface area (Å²) in [7, 11) is 0. The summed E-state index contributed by atoms with van der Waals surface area (Å²) in [6.07, 6.45) is 8.63. The molecule has 1 aliphatic rings. The number of carbonyl (C=O) groups excluding carboxylic acids is 2. The number of amides is 2. The molecular weight excluding hydrogens is 360 g/mol. The Morgan fingerprint density at radius 2 is 1.67 bits per heavy atom. The number of halogens is 1. The minimum atomic E-state index is -0.312. The van der Waals surface area contributed by atoms with Crippen molar-refractivity contribution in [3.8, 4) is 0 Å². The first-order valence-corrected chi connectivity index (χ1v) is 9.65. The summed E-state index contributed by atoms with van der Waals surface area (Å²) in [4.78, 5) is 24.9. The van der Waals surface area contributed by atoms with Gasteiger partial charge < -0.3 is 10.6 Å². The number of hydrogen-bond acceptors (Lipinski definition) is 2. The van der Waals surface area contributed by atoms with Gasteiger partial charge >= 0.3 is 0 Å². The van der Waals surface area contributed by atoms with Gasteiger partial charge in [0.1, 0.15) is 0 Å². The Morgan fingerprint density at radius 1 is 0.963 bits per heavy atom. The van der Waals surface area contributed by atoms with Gasteiger partial charge in [-0.2, -0.15) is 0 Å². The average Bonchev–Trinajstić information content (AvgIpc) is 2.68. The summed E-state index contributed by atoms with van der Waals surface area (Å²) in [6, 6.07) is 14.6. The molecule has 2 aromatic rings. The van der Waals surface area contributed by atoms with E-state index in [-0.39, 0.29) is 17.9 Å². The summed E-state index contributed by atoms with van der Waals surface area (Å²) in [5.74, 6) is -0.458. The molecule has 0 unspecified atom stereocenters. The fourth-order valence-electron chi connectivity index (χ4n) is 3.25. The van der Waals surface area contributed by atoms with Crippen LogP contribution in [0.5, 0.6) is 0 Å². The molecule has 0 aliphatic heterocycles. The molecule has 1 aliphatic carbocycles. The smallest absolute Gasteiger partial charge is 0.253 e. The molecule has 1 fully saturated rings. The van der Waals surface area contributed by atoms with E-state index in [0.717, 1.165) is 31.2 Å². The summed E-state index contributed by atoms with van der Waals surface area (Å²) < 4.78 is 0. The van der Waals surface area contributed by atoms with Gasteiger partial charge in [0.05, 0.1) is 11.3 Å². The summed E-state index contributed by atoms with van der Waals surface area (Å²) >= 11 is 6.09. The Hall–Kier alpha value is -2.59. The van der Waals surface area contributed by atoms with E-state index in [1.807, 2.05) is 18.2 Å². The molecule has 0 aromatic heterocycles. The molecule has 0 bridgehead atoms. The zero-order chi connectivity index (χ0) is 19.1. The first kappa shape index (κ1) is 19.2. The van der Waals surface area contributed by atoms with E-state index in [2.05, 4.69) is 10.6 Å². The number of benzene rings is 2. The Morgan fingerprint density at radius 3 is 2.44 bits per heavy atom. The van der Waals surface area contributed by atoms with Crippen molar-refractivity contribution in [2.24, 2.45) is 0 Å². The van der Waals surface area contributed by atoms with E-state index >= 15 is 0 Å². The molecule has 140 valence electrons. The molecule has 0 radical (unpaired) electrons. The SMILES string of the molecule is O=C(/C=C/c1ccccc1Cl)Nc1ccccc1C(=O)NC1CCCCC1. The van der Waals surface area contributed by atoms with Gasteiger partial charge in [-0.15, -0.1) is 0 Å². The summed E-state index contributed by atoms with van der Waals surface area (Å²) in [5, 5.41) is 6.45. The van der Waals surface area contributed by atoms with E-state index in [0.29, 0.717) is 16.3 Å². The molecule has 4 nitrogen and oxygen atoms in total. The predicted octanol–water partition coefficient (Wildman–Crippen LogP) is 5.05. The molecule has 0 spiro atoms. The van der Waals surface area contributed by atoms with Gasteiger partial charge in [0.25, 0.3) is 5.91 Å². The first-order chi connectivity index (χ1) is 13.1. The lowest BCUT2D eigenvalue weighted by Gasteiger charge is -2.23. The van der Waals surface area contributed by atoms with Gasteiger partial charge in [-0.3, -0.25) is 9.59 Å². The Labute approximate surface area is 164 Å². The van der Waals surface area contributed by atoms with Crippen LogP contribution >= 0.6 is 11.6 Å². The van der Waals surface area contributed by atoms with E-state index in [1.54, 1.807) is 36.4 Å². The van der Waals surface area contributed by atoms with Crippen LogP contribution in [-0.4, -0.2) is 17.9 Å². The second-order valence-corrected chi connectivity index (χ2v) is 7.11. The highest BCUT2D eigenvalue weighted by Gasteiger charge is 2.18. The predicted molar refractivity (Wildman–Crippen MR) is 110 cm³/mol. The van der Waals surface area contributed by atoms with Gasteiger partial charge in [-0.1, -0.05) is 61.2 Å². The van der Waals surface area contributed by atoms with Crippen molar-refractivity contribution in [1.29, 1.82) is 0 Å². The van der Waals surface area contributed by atoms with Crippen molar-refractivity contribution in [3.63, 3.8) is 0 Å². The molecule has 3 rings (SSSR count). The van der Waals surface area contributed by atoms with Crippen LogP contribution in [0.1, 0.15) is 48.0 Å². The number of para-hydroxylation sites is 1. The van der Waals surface area contributed by atoms with Crippen molar-refractivity contribution in [2.45, 2.75) is 38.1 Å². The molecular formula is C22H23ClN2O2. The number of hydrogen-bond donors (Lipinski definition) is 2. The molecule has 2 N–H and O–H groups in total. The monoisotopic (exact) mass is 382 g/mol. The average molecular weight is 383 g/mol. The van der Waals surface area contributed by atoms with Gasteiger partial charge in [0, 0.05) is 17.1 Å². The Bertz CT molecular complexity index is 842. The maximum atomic E-state index is 12.6. The van der Waals surface area contributed by atoms with Crippen LogP contribution in [-0.2, 0) is 4.79 Å². The third kappa shape index (κ3) is 5.44. The van der Waals surface area contributed by atoms with Crippen LogP contribution in [0.2, 0.25) is 5.02 Å². The normalized spacial score (nSPS) is 14.9. The number of carbonyl (C=O) groups is 2. The molecule has 2 aromatic carbocycles. The number of anilines is 1. The fraction of sp³-hybridized carbons (Fsp3) is 0.273. The van der Waals surface area contributed by atoms with Crippen LogP contribution in [0.3, 0.4) is 0 Å². The Balaban J connectivity index is 1.67.